The molecule has 1 aromatic carbocycles. The normalized spacial score (nSPS) is 20.9. The standard InChI is InChI=1S/C15H20FN3O2/c16-12-3-4-14(19(20)21)15(11-12)18-9-5-13(6-10-18)17-7-1-2-8-17/h3-4,11,13H,1-2,5-10H2. The van der Waals surface area contributed by atoms with E-state index in [1.165, 1.54) is 38.1 Å². The van der Waals surface area contributed by atoms with Crippen LogP contribution in [0.4, 0.5) is 15.8 Å². The first-order valence-corrected chi connectivity index (χ1v) is 7.58. The van der Waals surface area contributed by atoms with E-state index in [1.807, 2.05) is 4.90 Å². The fourth-order valence-corrected chi connectivity index (χ4v) is 3.48. The first-order chi connectivity index (χ1) is 10.1. The van der Waals surface area contributed by atoms with E-state index >= 15 is 0 Å². The minimum Gasteiger partial charge on any atom is -0.366 e. The van der Waals surface area contributed by atoms with E-state index in [0.717, 1.165) is 32.0 Å². The summed E-state index contributed by atoms with van der Waals surface area (Å²) in [5.41, 5.74) is 0.413. The molecule has 0 radical (unpaired) electrons. The zero-order valence-electron chi connectivity index (χ0n) is 12.0. The number of piperidine rings is 1. The van der Waals surface area contributed by atoms with Crippen molar-refractivity contribution in [1.29, 1.82) is 0 Å². The first-order valence-electron chi connectivity index (χ1n) is 7.58. The molecule has 0 bridgehead atoms. The van der Waals surface area contributed by atoms with Crippen molar-refractivity contribution in [2.75, 3.05) is 31.1 Å². The summed E-state index contributed by atoms with van der Waals surface area (Å²) in [4.78, 5) is 15.1. The van der Waals surface area contributed by atoms with Gasteiger partial charge in [0, 0.05) is 31.3 Å². The quantitative estimate of drug-likeness (QED) is 0.635. The number of halogens is 1. The molecule has 0 unspecified atom stereocenters. The summed E-state index contributed by atoms with van der Waals surface area (Å²) in [6, 6.07) is 4.28. The van der Waals surface area contributed by atoms with E-state index in [4.69, 9.17) is 0 Å². The van der Waals surface area contributed by atoms with E-state index in [0.29, 0.717) is 11.7 Å². The Morgan fingerprint density at radius 2 is 1.81 bits per heavy atom. The molecule has 0 spiro atoms. The Bertz CT molecular complexity index is 524. The summed E-state index contributed by atoms with van der Waals surface area (Å²) in [5, 5.41) is 11.1. The molecule has 0 aliphatic carbocycles. The third-order valence-corrected chi connectivity index (χ3v) is 4.60. The van der Waals surface area contributed by atoms with Gasteiger partial charge in [0.15, 0.2) is 0 Å². The second kappa shape index (κ2) is 5.97. The van der Waals surface area contributed by atoms with Crippen molar-refractivity contribution in [2.45, 2.75) is 31.7 Å². The van der Waals surface area contributed by atoms with Crippen LogP contribution < -0.4 is 4.90 Å². The lowest BCUT2D eigenvalue weighted by atomic mass is 10.0. The van der Waals surface area contributed by atoms with Gasteiger partial charge in [0.05, 0.1) is 4.92 Å². The molecule has 2 aliphatic heterocycles. The average molecular weight is 293 g/mol. The fourth-order valence-electron chi connectivity index (χ4n) is 3.48. The molecule has 0 aromatic heterocycles. The minimum absolute atomic E-state index is 0.00368. The number of likely N-dealkylation sites (tertiary alicyclic amines) is 1. The summed E-state index contributed by atoms with van der Waals surface area (Å²) < 4.78 is 13.4. The molecule has 2 saturated heterocycles. The van der Waals surface area contributed by atoms with Gasteiger partial charge in [0.2, 0.25) is 0 Å². The van der Waals surface area contributed by atoms with Crippen molar-refractivity contribution in [3.8, 4) is 0 Å². The van der Waals surface area contributed by atoms with Gasteiger partial charge in [-0.05, 0) is 44.8 Å². The Kier molecular flexibility index (Phi) is 4.05. The molecule has 2 heterocycles. The number of rotatable bonds is 3. The molecule has 0 N–H and O–H groups in total. The topological polar surface area (TPSA) is 49.6 Å². The predicted octanol–water partition coefficient (Wildman–Crippen LogP) is 2.80. The van der Waals surface area contributed by atoms with Gasteiger partial charge in [-0.1, -0.05) is 0 Å². The molecule has 114 valence electrons. The second-order valence-electron chi connectivity index (χ2n) is 5.85. The lowest BCUT2D eigenvalue weighted by Gasteiger charge is -2.37. The van der Waals surface area contributed by atoms with Crippen LogP contribution in [0.3, 0.4) is 0 Å². The SMILES string of the molecule is O=[N+]([O-])c1ccc(F)cc1N1CCC(N2CCCC2)CC1. The first kappa shape index (κ1) is 14.3. The molecule has 3 rings (SSSR count). The van der Waals surface area contributed by atoms with E-state index in [1.54, 1.807) is 0 Å². The Morgan fingerprint density at radius 3 is 2.43 bits per heavy atom. The van der Waals surface area contributed by atoms with E-state index in [2.05, 4.69) is 4.90 Å². The minimum atomic E-state index is -0.429. The number of benzene rings is 1. The fraction of sp³-hybridized carbons (Fsp3) is 0.600. The molecule has 2 aliphatic rings. The van der Waals surface area contributed by atoms with Crippen LogP contribution in [0.25, 0.3) is 0 Å². The predicted molar refractivity (Wildman–Crippen MR) is 79.1 cm³/mol. The third kappa shape index (κ3) is 3.00. The van der Waals surface area contributed by atoms with Crippen LogP contribution in [-0.2, 0) is 0 Å². The Balaban J connectivity index is 1.71. The molecule has 0 amide bonds. The summed E-state index contributed by atoms with van der Waals surface area (Å²) in [5.74, 6) is -0.419. The third-order valence-electron chi connectivity index (χ3n) is 4.60. The van der Waals surface area contributed by atoms with Crippen molar-refractivity contribution in [3.05, 3.63) is 34.1 Å². The highest BCUT2D eigenvalue weighted by atomic mass is 19.1. The van der Waals surface area contributed by atoms with Crippen LogP contribution in [-0.4, -0.2) is 42.0 Å². The van der Waals surface area contributed by atoms with Crippen molar-refractivity contribution >= 4 is 11.4 Å². The van der Waals surface area contributed by atoms with Gasteiger partial charge in [-0.25, -0.2) is 4.39 Å². The number of hydrogen-bond donors (Lipinski definition) is 0. The number of nitro groups is 1. The van der Waals surface area contributed by atoms with Gasteiger partial charge in [0.25, 0.3) is 5.69 Å². The summed E-state index contributed by atoms with van der Waals surface area (Å²) >= 11 is 0. The van der Waals surface area contributed by atoms with Gasteiger partial charge in [-0.15, -0.1) is 0 Å². The maximum absolute atomic E-state index is 13.4. The molecular weight excluding hydrogens is 273 g/mol. The summed E-state index contributed by atoms with van der Waals surface area (Å²) in [7, 11) is 0. The van der Waals surface area contributed by atoms with Gasteiger partial charge in [-0.2, -0.15) is 0 Å². The Morgan fingerprint density at radius 1 is 1.14 bits per heavy atom. The molecule has 0 saturated carbocycles. The highest BCUT2D eigenvalue weighted by molar-refractivity contribution is 5.63. The smallest absolute Gasteiger partial charge is 0.292 e. The van der Waals surface area contributed by atoms with Crippen molar-refractivity contribution < 1.29 is 9.31 Å². The maximum atomic E-state index is 13.4. The summed E-state index contributed by atoms with van der Waals surface area (Å²) in [6.45, 7) is 3.85. The zero-order valence-corrected chi connectivity index (χ0v) is 12.0. The lowest BCUT2D eigenvalue weighted by Crippen LogP contribution is -2.44. The summed E-state index contributed by atoms with van der Waals surface area (Å²) in [6.07, 6.45) is 4.53. The average Bonchev–Trinajstić information content (AvgIpc) is 3.01. The van der Waals surface area contributed by atoms with E-state index in [-0.39, 0.29) is 5.69 Å². The molecule has 0 atom stereocenters. The van der Waals surface area contributed by atoms with Crippen LogP contribution in [0.2, 0.25) is 0 Å². The molecule has 1 aromatic rings. The number of nitro benzene ring substituents is 1. The number of nitrogens with zero attached hydrogens (tertiary/aromatic N) is 3. The Hall–Kier alpha value is -1.69. The largest absolute Gasteiger partial charge is 0.366 e. The van der Waals surface area contributed by atoms with E-state index in [9.17, 15) is 14.5 Å². The van der Waals surface area contributed by atoms with Crippen LogP contribution in [0.5, 0.6) is 0 Å². The Labute approximate surface area is 123 Å². The van der Waals surface area contributed by atoms with Crippen LogP contribution in [0, 0.1) is 15.9 Å². The highest BCUT2D eigenvalue weighted by Gasteiger charge is 2.29. The number of anilines is 1. The van der Waals surface area contributed by atoms with Crippen LogP contribution >= 0.6 is 0 Å². The van der Waals surface area contributed by atoms with E-state index < -0.39 is 10.7 Å². The van der Waals surface area contributed by atoms with Crippen molar-refractivity contribution in [2.24, 2.45) is 0 Å². The second-order valence-corrected chi connectivity index (χ2v) is 5.85. The van der Waals surface area contributed by atoms with Crippen LogP contribution in [0.1, 0.15) is 25.7 Å². The molecule has 2 fully saturated rings. The lowest BCUT2D eigenvalue weighted by molar-refractivity contribution is -0.384. The van der Waals surface area contributed by atoms with Gasteiger partial charge >= 0.3 is 0 Å². The van der Waals surface area contributed by atoms with Gasteiger partial charge < -0.3 is 9.80 Å². The monoisotopic (exact) mass is 293 g/mol. The van der Waals surface area contributed by atoms with Crippen molar-refractivity contribution in [3.63, 3.8) is 0 Å². The number of hydrogen-bond acceptors (Lipinski definition) is 4. The van der Waals surface area contributed by atoms with Crippen LogP contribution in [0.15, 0.2) is 18.2 Å². The van der Waals surface area contributed by atoms with Gasteiger partial charge in [0.1, 0.15) is 11.5 Å². The maximum Gasteiger partial charge on any atom is 0.292 e. The highest BCUT2D eigenvalue weighted by Crippen LogP contribution is 2.32. The molecule has 6 heteroatoms. The molecule has 21 heavy (non-hydrogen) atoms. The van der Waals surface area contributed by atoms with Crippen molar-refractivity contribution in [1.82, 2.24) is 4.90 Å². The molecular formula is C15H20FN3O2. The van der Waals surface area contributed by atoms with Gasteiger partial charge in [-0.3, -0.25) is 10.1 Å². The zero-order chi connectivity index (χ0) is 14.8. The molecule has 5 nitrogen and oxygen atoms in total.